The molecule has 1 saturated carbocycles. The second kappa shape index (κ2) is 7.70. The quantitative estimate of drug-likeness (QED) is 0.776. The number of aliphatic hydroxyl groups is 1. The molecule has 0 atom stereocenters. The van der Waals surface area contributed by atoms with Crippen LogP contribution in [0.5, 0.6) is 0 Å². The van der Waals surface area contributed by atoms with Crippen molar-refractivity contribution in [2.24, 2.45) is 11.8 Å². The molecular formula is C14H27NO2. The average molecular weight is 241 g/mol. The lowest BCUT2D eigenvalue weighted by molar-refractivity contribution is -0.131. The first-order valence-electron chi connectivity index (χ1n) is 7.02. The molecule has 1 aliphatic rings. The Morgan fingerprint density at radius 3 is 2.35 bits per heavy atom. The van der Waals surface area contributed by atoms with Crippen LogP contribution < -0.4 is 0 Å². The number of rotatable bonds is 6. The van der Waals surface area contributed by atoms with Crippen LogP contribution in [0, 0.1) is 11.8 Å². The number of nitrogens with zero attached hydrogens (tertiary/aromatic N) is 1. The standard InChI is InChI=1S/C14H27NO2/c1-3-4-12-5-7-13(8-6-12)11-14(17)15(2)9-10-16/h12-13,16H,3-11H2,1-2H3. The number of likely N-dealkylation sites (N-methyl/N-ethyl adjacent to an activating group) is 1. The molecule has 0 aromatic rings. The van der Waals surface area contributed by atoms with Gasteiger partial charge in [0.15, 0.2) is 0 Å². The zero-order chi connectivity index (χ0) is 12.7. The SMILES string of the molecule is CCCC1CCC(CC(=O)N(C)CCO)CC1. The van der Waals surface area contributed by atoms with Crippen molar-refractivity contribution in [2.75, 3.05) is 20.2 Å². The largest absolute Gasteiger partial charge is 0.395 e. The Hall–Kier alpha value is -0.570. The number of aliphatic hydroxyl groups excluding tert-OH is 1. The van der Waals surface area contributed by atoms with Crippen molar-refractivity contribution in [3.63, 3.8) is 0 Å². The first-order chi connectivity index (χ1) is 8.17. The Bertz CT molecular complexity index is 222. The molecule has 3 nitrogen and oxygen atoms in total. The van der Waals surface area contributed by atoms with Crippen molar-refractivity contribution in [2.45, 2.75) is 51.9 Å². The van der Waals surface area contributed by atoms with Gasteiger partial charge in [-0.2, -0.15) is 0 Å². The maximum absolute atomic E-state index is 11.8. The lowest BCUT2D eigenvalue weighted by Crippen LogP contribution is -2.31. The van der Waals surface area contributed by atoms with Gasteiger partial charge in [-0.3, -0.25) is 4.79 Å². The zero-order valence-corrected chi connectivity index (χ0v) is 11.3. The van der Waals surface area contributed by atoms with Crippen molar-refractivity contribution < 1.29 is 9.90 Å². The molecule has 0 aliphatic heterocycles. The summed E-state index contributed by atoms with van der Waals surface area (Å²) >= 11 is 0. The summed E-state index contributed by atoms with van der Waals surface area (Å²) in [4.78, 5) is 13.5. The van der Waals surface area contributed by atoms with E-state index in [2.05, 4.69) is 6.92 Å². The molecule has 1 amide bonds. The van der Waals surface area contributed by atoms with Crippen molar-refractivity contribution >= 4 is 5.91 Å². The molecule has 17 heavy (non-hydrogen) atoms. The van der Waals surface area contributed by atoms with Gasteiger partial charge in [0.1, 0.15) is 0 Å². The van der Waals surface area contributed by atoms with E-state index in [0.29, 0.717) is 18.9 Å². The molecule has 0 radical (unpaired) electrons. The van der Waals surface area contributed by atoms with Crippen LogP contribution in [0.25, 0.3) is 0 Å². The van der Waals surface area contributed by atoms with Gasteiger partial charge in [0.25, 0.3) is 0 Å². The monoisotopic (exact) mass is 241 g/mol. The summed E-state index contributed by atoms with van der Waals surface area (Å²) in [5.74, 6) is 1.68. The lowest BCUT2D eigenvalue weighted by Gasteiger charge is -2.29. The molecule has 3 heteroatoms. The highest BCUT2D eigenvalue weighted by Gasteiger charge is 2.23. The van der Waals surface area contributed by atoms with E-state index >= 15 is 0 Å². The summed E-state index contributed by atoms with van der Waals surface area (Å²) in [5, 5.41) is 8.79. The van der Waals surface area contributed by atoms with Gasteiger partial charge in [-0.05, 0) is 24.7 Å². The number of carbonyl (C=O) groups excluding carboxylic acids is 1. The molecule has 0 aromatic carbocycles. The molecule has 1 rings (SSSR count). The molecule has 1 fully saturated rings. The molecule has 1 N–H and O–H groups in total. The van der Waals surface area contributed by atoms with Crippen LogP contribution in [0.4, 0.5) is 0 Å². The first kappa shape index (κ1) is 14.5. The van der Waals surface area contributed by atoms with Gasteiger partial charge in [0.05, 0.1) is 6.61 Å². The highest BCUT2D eigenvalue weighted by Crippen LogP contribution is 2.33. The highest BCUT2D eigenvalue weighted by atomic mass is 16.3. The highest BCUT2D eigenvalue weighted by molar-refractivity contribution is 5.76. The van der Waals surface area contributed by atoms with Crippen LogP contribution in [0.2, 0.25) is 0 Å². The predicted octanol–water partition coefficient (Wildman–Crippen LogP) is 2.43. The fourth-order valence-corrected chi connectivity index (χ4v) is 2.81. The molecule has 0 spiro atoms. The van der Waals surface area contributed by atoms with Gasteiger partial charge in [-0.25, -0.2) is 0 Å². The Morgan fingerprint density at radius 1 is 1.24 bits per heavy atom. The van der Waals surface area contributed by atoms with Gasteiger partial charge < -0.3 is 10.0 Å². The van der Waals surface area contributed by atoms with Gasteiger partial charge in [-0.15, -0.1) is 0 Å². The topological polar surface area (TPSA) is 40.5 Å². The number of amides is 1. The van der Waals surface area contributed by atoms with Crippen LogP contribution >= 0.6 is 0 Å². The first-order valence-corrected chi connectivity index (χ1v) is 7.02. The lowest BCUT2D eigenvalue weighted by atomic mass is 9.78. The number of hydrogen-bond acceptors (Lipinski definition) is 2. The van der Waals surface area contributed by atoms with Crippen molar-refractivity contribution in [1.82, 2.24) is 4.90 Å². The summed E-state index contributed by atoms with van der Waals surface area (Å²) in [6.07, 6.45) is 8.34. The summed E-state index contributed by atoms with van der Waals surface area (Å²) < 4.78 is 0. The molecule has 0 saturated heterocycles. The number of hydrogen-bond donors (Lipinski definition) is 1. The minimum absolute atomic E-state index is 0.0610. The molecule has 0 bridgehead atoms. The molecule has 1 aliphatic carbocycles. The van der Waals surface area contributed by atoms with Gasteiger partial charge in [0.2, 0.25) is 5.91 Å². The van der Waals surface area contributed by atoms with Crippen LogP contribution in [0.15, 0.2) is 0 Å². The van der Waals surface area contributed by atoms with Crippen LogP contribution in [-0.2, 0) is 4.79 Å². The van der Waals surface area contributed by atoms with Crippen molar-refractivity contribution in [1.29, 1.82) is 0 Å². The Morgan fingerprint density at radius 2 is 1.82 bits per heavy atom. The summed E-state index contributed by atoms with van der Waals surface area (Å²) in [7, 11) is 1.78. The number of carbonyl (C=O) groups is 1. The Balaban J connectivity index is 2.23. The van der Waals surface area contributed by atoms with Gasteiger partial charge >= 0.3 is 0 Å². The van der Waals surface area contributed by atoms with Crippen LogP contribution in [0.3, 0.4) is 0 Å². The maximum Gasteiger partial charge on any atom is 0.222 e. The molecule has 100 valence electrons. The fourth-order valence-electron chi connectivity index (χ4n) is 2.81. The van der Waals surface area contributed by atoms with Gasteiger partial charge in [-0.1, -0.05) is 32.6 Å². The van der Waals surface area contributed by atoms with Gasteiger partial charge in [0, 0.05) is 20.0 Å². The van der Waals surface area contributed by atoms with E-state index in [-0.39, 0.29) is 12.5 Å². The molecule has 0 unspecified atom stereocenters. The minimum atomic E-state index is 0.0610. The van der Waals surface area contributed by atoms with Crippen molar-refractivity contribution in [3.05, 3.63) is 0 Å². The maximum atomic E-state index is 11.8. The average Bonchev–Trinajstić information content (AvgIpc) is 2.32. The van der Waals surface area contributed by atoms with E-state index in [4.69, 9.17) is 5.11 Å². The summed E-state index contributed by atoms with van der Waals surface area (Å²) in [5.41, 5.74) is 0. The Kier molecular flexibility index (Phi) is 6.56. The zero-order valence-electron chi connectivity index (χ0n) is 11.3. The summed E-state index contributed by atoms with van der Waals surface area (Å²) in [6.45, 7) is 2.77. The third-order valence-electron chi connectivity index (χ3n) is 3.99. The second-order valence-corrected chi connectivity index (χ2v) is 5.42. The third kappa shape index (κ3) is 5.07. The van der Waals surface area contributed by atoms with Crippen molar-refractivity contribution in [3.8, 4) is 0 Å². The Labute approximate surface area is 105 Å². The van der Waals surface area contributed by atoms with E-state index in [9.17, 15) is 4.79 Å². The third-order valence-corrected chi connectivity index (χ3v) is 3.99. The van der Waals surface area contributed by atoms with E-state index in [0.717, 1.165) is 5.92 Å². The van der Waals surface area contributed by atoms with E-state index in [1.807, 2.05) is 0 Å². The fraction of sp³-hybridized carbons (Fsp3) is 0.929. The molecular weight excluding hydrogens is 214 g/mol. The minimum Gasteiger partial charge on any atom is -0.395 e. The molecule has 0 heterocycles. The van der Waals surface area contributed by atoms with Crippen LogP contribution in [-0.4, -0.2) is 36.1 Å². The van der Waals surface area contributed by atoms with E-state index < -0.39 is 0 Å². The van der Waals surface area contributed by atoms with Crippen LogP contribution in [0.1, 0.15) is 51.9 Å². The predicted molar refractivity (Wildman–Crippen MR) is 69.7 cm³/mol. The van der Waals surface area contributed by atoms with E-state index in [1.54, 1.807) is 11.9 Å². The smallest absolute Gasteiger partial charge is 0.222 e. The normalized spacial score (nSPS) is 24.6. The second-order valence-electron chi connectivity index (χ2n) is 5.42. The van der Waals surface area contributed by atoms with E-state index in [1.165, 1.54) is 38.5 Å². The molecule has 0 aromatic heterocycles. The summed E-state index contributed by atoms with van der Waals surface area (Å²) in [6, 6.07) is 0.